The molecule has 136 valence electrons. The lowest BCUT2D eigenvalue weighted by atomic mass is 10.2. The Labute approximate surface area is 144 Å². The molecule has 8 heteroatoms. The molecule has 0 aromatic carbocycles. The van der Waals surface area contributed by atoms with Gasteiger partial charge in [-0.15, -0.1) is 10.2 Å². The molecular weight excluding hydrogens is 306 g/mol. The van der Waals surface area contributed by atoms with Crippen molar-refractivity contribution in [3.8, 4) is 0 Å². The van der Waals surface area contributed by atoms with Crippen LogP contribution in [0.4, 0.5) is 0 Å². The normalized spacial score (nSPS) is 19.8. The number of aliphatic imine (C=N–C) groups is 1. The summed E-state index contributed by atoms with van der Waals surface area (Å²) in [5.74, 6) is 3.21. The number of hydrogen-bond acceptors (Lipinski definition) is 5. The first kappa shape index (κ1) is 18.7. The van der Waals surface area contributed by atoms with Crippen molar-refractivity contribution >= 4 is 5.96 Å². The van der Waals surface area contributed by atoms with Crippen LogP contribution in [-0.4, -0.2) is 71.6 Å². The van der Waals surface area contributed by atoms with E-state index < -0.39 is 0 Å². The van der Waals surface area contributed by atoms with E-state index in [1.165, 1.54) is 0 Å². The average molecular weight is 337 g/mol. The lowest BCUT2D eigenvalue weighted by Crippen LogP contribution is -2.50. The molecule has 8 nitrogen and oxygen atoms in total. The van der Waals surface area contributed by atoms with E-state index in [9.17, 15) is 0 Å². The highest BCUT2D eigenvalue weighted by Gasteiger charge is 2.21. The van der Waals surface area contributed by atoms with Gasteiger partial charge in [-0.1, -0.05) is 13.8 Å². The predicted molar refractivity (Wildman–Crippen MR) is 95.0 cm³/mol. The molecule has 1 atom stereocenters. The van der Waals surface area contributed by atoms with Gasteiger partial charge in [0.1, 0.15) is 5.82 Å². The largest absolute Gasteiger partial charge is 0.374 e. The van der Waals surface area contributed by atoms with Gasteiger partial charge >= 0.3 is 0 Å². The minimum Gasteiger partial charge on any atom is -0.374 e. The zero-order chi connectivity index (χ0) is 17.5. The first-order chi connectivity index (χ1) is 11.5. The molecule has 0 amide bonds. The number of nitrogens with one attached hydrogen (secondary N) is 2. The van der Waals surface area contributed by atoms with Gasteiger partial charge in [0.15, 0.2) is 11.8 Å². The molecule has 1 aromatic rings. The minimum atomic E-state index is 0.188. The predicted octanol–water partition coefficient (Wildman–Crippen LogP) is 0.145. The Morgan fingerprint density at radius 3 is 2.79 bits per heavy atom. The highest BCUT2D eigenvalue weighted by Crippen LogP contribution is 2.07. The van der Waals surface area contributed by atoms with Crippen LogP contribution >= 0.6 is 0 Å². The Morgan fingerprint density at radius 1 is 1.38 bits per heavy atom. The Hall–Kier alpha value is -1.67. The third-order valence-corrected chi connectivity index (χ3v) is 4.16. The Balaban J connectivity index is 1.76. The van der Waals surface area contributed by atoms with E-state index >= 15 is 0 Å². The second kappa shape index (κ2) is 8.98. The van der Waals surface area contributed by atoms with Crippen molar-refractivity contribution in [3.63, 3.8) is 0 Å². The van der Waals surface area contributed by atoms with Gasteiger partial charge in [-0.3, -0.25) is 9.89 Å². The maximum Gasteiger partial charge on any atom is 0.191 e. The number of morpholine rings is 1. The summed E-state index contributed by atoms with van der Waals surface area (Å²) in [5.41, 5.74) is 0. The molecule has 1 saturated heterocycles. The molecule has 0 spiro atoms. The Bertz CT molecular complexity index is 541. The van der Waals surface area contributed by atoms with Crippen molar-refractivity contribution < 1.29 is 4.74 Å². The Kier molecular flexibility index (Phi) is 6.99. The SMILES string of the molecule is CN=C(NCc1nnc(C)n1C)NCC1CN(CC(C)C)CCO1. The van der Waals surface area contributed by atoms with Crippen molar-refractivity contribution in [3.05, 3.63) is 11.6 Å². The molecule has 1 fully saturated rings. The maximum atomic E-state index is 5.86. The molecule has 0 saturated carbocycles. The molecule has 24 heavy (non-hydrogen) atoms. The molecular formula is C16H31N7O. The summed E-state index contributed by atoms with van der Waals surface area (Å²) in [6.45, 7) is 11.7. The topological polar surface area (TPSA) is 79.6 Å². The molecule has 1 aromatic heterocycles. The van der Waals surface area contributed by atoms with E-state index in [-0.39, 0.29) is 6.10 Å². The number of ether oxygens (including phenoxy) is 1. The molecule has 2 heterocycles. The smallest absolute Gasteiger partial charge is 0.191 e. The van der Waals surface area contributed by atoms with Crippen LogP contribution < -0.4 is 10.6 Å². The van der Waals surface area contributed by atoms with Gasteiger partial charge in [0.25, 0.3) is 0 Å². The van der Waals surface area contributed by atoms with Gasteiger partial charge in [-0.25, -0.2) is 0 Å². The first-order valence-electron chi connectivity index (χ1n) is 8.63. The van der Waals surface area contributed by atoms with Crippen LogP contribution in [0.15, 0.2) is 4.99 Å². The third kappa shape index (κ3) is 5.45. The summed E-state index contributed by atoms with van der Waals surface area (Å²) >= 11 is 0. The highest BCUT2D eigenvalue weighted by atomic mass is 16.5. The van der Waals surface area contributed by atoms with Gasteiger partial charge in [-0.2, -0.15) is 0 Å². The second-order valence-corrected chi connectivity index (χ2v) is 6.68. The monoisotopic (exact) mass is 337 g/mol. The van der Waals surface area contributed by atoms with Crippen LogP contribution in [0, 0.1) is 12.8 Å². The van der Waals surface area contributed by atoms with E-state index in [1.54, 1.807) is 7.05 Å². The van der Waals surface area contributed by atoms with Gasteiger partial charge in [0, 0.05) is 40.3 Å². The number of nitrogens with zero attached hydrogens (tertiary/aromatic N) is 5. The lowest BCUT2D eigenvalue weighted by molar-refractivity contribution is -0.0284. The maximum absolute atomic E-state index is 5.86. The second-order valence-electron chi connectivity index (χ2n) is 6.68. The molecule has 1 aliphatic rings. The van der Waals surface area contributed by atoms with Gasteiger partial charge in [0.2, 0.25) is 0 Å². The highest BCUT2D eigenvalue weighted by molar-refractivity contribution is 5.79. The average Bonchev–Trinajstić information content (AvgIpc) is 2.87. The van der Waals surface area contributed by atoms with Crippen molar-refractivity contribution in [2.24, 2.45) is 18.0 Å². The zero-order valence-electron chi connectivity index (χ0n) is 15.5. The molecule has 1 aliphatic heterocycles. The van der Waals surface area contributed by atoms with E-state index in [2.05, 4.69) is 44.6 Å². The summed E-state index contributed by atoms with van der Waals surface area (Å²) < 4.78 is 7.82. The molecule has 0 radical (unpaired) electrons. The van der Waals surface area contributed by atoms with Crippen molar-refractivity contribution in [1.82, 2.24) is 30.3 Å². The fraction of sp³-hybridized carbons (Fsp3) is 0.812. The molecule has 2 N–H and O–H groups in total. The molecule has 0 bridgehead atoms. The van der Waals surface area contributed by atoms with E-state index in [0.717, 1.165) is 50.4 Å². The first-order valence-corrected chi connectivity index (χ1v) is 8.63. The van der Waals surface area contributed by atoms with Crippen LogP contribution in [0.5, 0.6) is 0 Å². The summed E-state index contributed by atoms with van der Waals surface area (Å²) in [6.07, 6.45) is 0.188. The van der Waals surface area contributed by atoms with Crippen LogP contribution in [-0.2, 0) is 18.3 Å². The number of aryl methyl sites for hydroxylation is 1. The van der Waals surface area contributed by atoms with Crippen LogP contribution in [0.2, 0.25) is 0 Å². The van der Waals surface area contributed by atoms with Crippen molar-refractivity contribution in [2.45, 2.75) is 33.4 Å². The standard InChI is InChI=1S/C16H31N7O/c1-12(2)10-23-6-7-24-14(11-23)8-18-16(17-4)19-9-15-21-20-13(3)22(15)5/h12,14H,6-11H2,1-5H3,(H2,17,18,19). The van der Waals surface area contributed by atoms with E-state index in [4.69, 9.17) is 4.74 Å². The molecule has 1 unspecified atom stereocenters. The van der Waals surface area contributed by atoms with E-state index in [0.29, 0.717) is 12.5 Å². The van der Waals surface area contributed by atoms with Crippen LogP contribution in [0.25, 0.3) is 0 Å². The lowest BCUT2D eigenvalue weighted by Gasteiger charge is -2.34. The van der Waals surface area contributed by atoms with Crippen molar-refractivity contribution in [2.75, 3.05) is 39.8 Å². The number of aromatic nitrogens is 3. The molecule has 2 rings (SSSR count). The van der Waals surface area contributed by atoms with Gasteiger partial charge < -0.3 is 19.9 Å². The quantitative estimate of drug-likeness (QED) is 0.568. The minimum absolute atomic E-state index is 0.188. The number of guanidine groups is 1. The summed E-state index contributed by atoms with van der Waals surface area (Å²) in [4.78, 5) is 6.73. The van der Waals surface area contributed by atoms with Crippen molar-refractivity contribution in [1.29, 1.82) is 0 Å². The summed E-state index contributed by atoms with van der Waals surface area (Å²) in [7, 11) is 3.73. The summed E-state index contributed by atoms with van der Waals surface area (Å²) in [5, 5.41) is 14.8. The zero-order valence-corrected chi connectivity index (χ0v) is 15.5. The Morgan fingerprint density at radius 2 is 2.17 bits per heavy atom. The van der Waals surface area contributed by atoms with E-state index in [1.807, 2.05) is 18.5 Å². The fourth-order valence-electron chi connectivity index (χ4n) is 2.78. The van der Waals surface area contributed by atoms with Crippen LogP contribution in [0.3, 0.4) is 0 Å². The van der Waals surface area contributed by atoms with Crippen LogP contribution in [0.1, 0.15) is 25.5 Å². The van der Waals surface area contributed by atoms with Gasteiger partial charge in [0.05, 0.1) is 19.3 Å². The third-order valence-electron chi connectivity index (χ3n) is 4.16. The van der Waals surface area contributed by atoms with Gasteiger partial charge in [-0.05, 0) is 12.8 Å². The fourth-order valence-corrected chi connectivity index (χ4v) is 2.78. The number of rotatable bonds is 6. The number of hydrogen-bond donors (Lipinski definition) is 2. The summed E-state index contributed by atoms with van der Waals surface area (Å²) in [6, 6.07) is 0. The molecule has 0 aliphatic carbocycles.